The molecule has 0 saturated carbocycles. The summed E-state index contributed by atoms with van der Waals surface area (Å²) in [5.41, 5.74) is 5.07. The van der Waals surface area contributed by atoms with E-state index in [0.29, 0.717) is 5.92 Å². The van der Waals surface area contributed by atoms with Crippen LogP contribution in [0.15, 0.2) is 18.3 Å². The summed E-state index contributed by atoms with van der Waals surface area (Å²) in [5.74, 6) is 0.517. The molecule has 0 N–H and O–H groups in total. The molecule has 1 unspecified atom stereocenters. The molecular weight excluding hydrogens is 315 g/mol. The molecule has 0 aliphatic rings. The second-order valence-corrected chi connectivity index (χ2v) is 7.05. The number of hydrogen-bond donors (Lipinski definition) is 0. The minimum absolute atomic E-state index is 0.209. The van der Waals surface area contributed by atoms with Crippen LogP contribution in [0.2, 0.25) is 10.0 Å². The largest absolute Gasteiger partial charge is 0.259 e. The summed E-state index contributed by atoms with van der Waals surface area (Å²) < 4.78 is 0. The van der Waals surface area contributed by atoms with Crippen molar-refractivity contribution in [3.05, 3.63) is 56.6 Å². The molecule has 118 valence electrons. The zero-order chi connectivity index (χ0) is 16.4. The fourth-order valence-electron chi connectivity index (χ4n) is 2.56. The average molecular weight is 337 g/mol. The maximum atomic E-state index is 6.36. The highest BCUT2D eigenvalue weighted by Gasteiger charge is 2.16. The monoisotopic (exact) mass is 336 g/mol. The molecule has 2 rings (SSSR count). The van der Waals surface area contributed by atoms with Gasteiger partial charge in [0.05, 0.1) is 21.4 Å². The molecule has 1 atom stereocenters. The van der Waals surface area contributed by atoms with E-state index in [0.717, 1.165) is 44.7 Å². The van der Waals surface area contributed by atoms with Crippen molar-refractivity contribution in [3.8, 4) is 0 Å². The highest BCUT2D eigenvalue weighted by Crippen LogP contribution is 2.29. The van der Waals surface area contributed by atoms with E-state index in [2.05, 4.69) is 31.8 Å². The predicted octanol–water partition coefficient (Wildman–Crippen LogP) is 5.87. The number of nitrogens with zero attached hydrogens (tertiary/aromatic N) is 2. The topological polar surface area (TPSA) is 25.8 Å². The van der Waals surface area contributed by atoms with Crippen molar-refractivity contribution in [2.75, 3.05) is 0 Å². The van der Waals surface area contributed by atoms with Gasteiger partial charge in [0.15, 0.2) is 0 Å². The van der Waals surface area contributed by atoms with Crippen LogP contribution in [0.5, 0.6) is 0 Å². The molecule has 4 heteroatoms. The minimum Gasteiger partial charge on any atom is -0.259 e. The molecule has 0 aromatic carbocycles. The first kappa shape index (κ1) is 17.2. The Morgan fingerprint density at radius 1 is 1.05 bits per heavy atom. The summed E-state index contributed by atoms with van der Waals surface area (Å²) >= 11 is 12.7. The third-order valence-corrected chi connectivity index (χ3v) is 4.55. The van der Waals surface area contributed by atoms with E-state index in [-0.39, 0.29) is 5.92 Å². The lowest BCUT2D eigenvalue weighted by Crippen LogP contribution is -2.07. The molecule has 0 bridgehead atoms. The molecule has 0 fully saturated rings. The van der Waals surface area contributed by atoms with Gasteiger partial charge in [0.1, 0.15) is 0 Å². The third kappa shape index (κ3) is 3.80. The first-order chi connectivity index (χ1) is 10.3. The van der Waals surface area contributed by atoms with Gasteiger partial charge in [-0.3, -0.25) is 9.97 Å². The van der Waals surface area contributed by atoms with Gasteiger partial charge >= 0.3 is 0 Å². The maximum Gasteiger partial charge on any atom is 0.0653 e. The summed E-state index contributed by atoms with van der Waals surface area (Å²) in [7, 11) is 0. The Morgan fingerprint density at radius 3 is 2.32 bits per heavy atom. The van der Waals surface area contributed by atoms with Gasteiger partial charge in [-0.2, -0.15) is 0 Å². The van der Waals surface area contributed by atoms with E-state index in [1.807, 2.05) is 26.1 Å². The molecule has 0 aliphatic heterocycles. The Labute approximate surface area is 142 Å². The van der Waals surface area contributed by atoms with Gasteiger partial charge in [0, 0.05) is 17.8 Å². The van der Waals surface area contributed by atoms with E-state index < -0.39 is 0 Å². The molecule has 0 amide bonds. The van der Waals surface area contributed by atoms with E-state index >= 15 is 0 Å². The van der Waals surface area contributed by atoms with Crippen LogP contribution in [-0.4, -0.2) is 9.97 Å². The lowest BCUT2D eigenvalue weighted by molar-refractivity contribution is 0.702. The van der Waals surface area contributed by atoms with Gasteiger partial charge < -0.3 is 0 Å². The SMILES string of the molecule is Cc1cnc(C(C)Cc2cc(C)c(Cl)c(C(C)C)n2)c(Cl)c1. The highest BCUT2D eigenvalue weighted by molar-refractivity contribution is 6.32. The van der Waals surface area contributed by atoms with E-state index in [9.17, 15) is 0 Å². The molecule has 0 aliphatic carbocycles. The van der Waals surface area contributed by atoms with Crippen molar-refractivity contribution in [3.63, 3.8) is 0 Å². The van der Waals surface area contributed by atoms with E-state index in [1.54, 1.807) is 0 Å². The molecule has 2 nitrogen and oxygen atoms in total. The van der Waals surface area contributed by atoms with Gasteiger partial charge in [-0.1, -0.05) is 44.0 Å². The number of pyridine rings is 2. The molecule has 0 spiro atoms. The third-order valence-electron chi connectivity index (χ3n) is 3.75. The zero-order valence-electron chi connectivity index (χ0n) is 13.7. The smallest absolute Gasteiger partial charge is 0.0653 e. The van der Waals surface area contributed by atoms with Crippen molar-refractivity contribution >= 4 is 23.2 Å². The van der Waals surface area contributed by atoms with Crippen molar-refractivity contribution in [1.29, 1.82) is 0 Å². The predicted molar refractivity (Wildman–Crippen MR) is 94.2 cm³/mol. The Morgan fingerprint density at radius 2 is 1.73 bits per heavy atom. The van der Waals surface area contributed by atoms with Crippen LogP contribution in [0.1, 0.15) is 60.8 Å². The van der Waals surface area contributed by atoms with Gasteiger partial charge in [0.2, 0.25) is 0 Å². The summed E-state index contributed by atoms with van der Waals surface area (Å²) in [6, 6.07) is 4.02. The molecule has 2 aromatic heterocycles. The molecule has 2 aromatic rings. The van der Waals surface area contributed by atoms with Crippen molar-refractivity contribution < 1.29 is 0 Å². The van der Waals surface area contributed by atoms with Crippen LogP contribution in [0.4, 0.5) is 0 Å². The van der Waals surface area contributed by atoms with E-state index in [1.165, 1.54) is 0 Å². The first-order valence-electron chi connectivity index (χ1n) is 7.57. The molecular formula is C18H22Cl2N2. The van der Waals surface area contributed by atoms with Crippen LogP contribution >= 0.6 is 23.2 Å². The van der Waals surface area contributed by atoms with Gasteiger partial charge in [-0.05, 0) is 49.4 Å². The van der Waals surface area contributed by atoms with Crippen LogP contribution < -0.4 is 0 Å². The first-order valence-corrected chi connectivity index (χ1v) is 8.33. The summed E-state index contributed by atoms with van der Waals surface area (Å²) in [6.07, 6.45) is 2.66. The maximum absolute atomic E-state index is 6.36. The van der Waals surface area contributed by atoms with Gasteiger partial charge in [-0.25, -0.2) is 0 Å². The average Bonchev–Trinajstić information content (AvgIpc) is 2.42. The number of aromatic nitrogens is 2. The number of aryl methyl sites for hydroxylation is 2. The summed E-state index contributed by atoms with van der Waals surface area (Å²) in [4.78, 5) is 9.23. The Bertz CT molecular complexity index is 681. The quantitative estimate of drug-likeness (QED) is 0.697. The fourth-order valence-corrected chi connectivity index (χ4v) is 3.28. The molecule has 0 saturated heterocycles. The highest BCUT2D eigenvalue weighted by atomic mass is 35.5. The van der Waals surface area contributed by atoms with Gasteiger partial charge in [-0.15, -0.1) is 0 Å². The lowest BCUT2D eigenvalue weighted by Gasteiger charge is -2.16. The standard InChI is InChI=1S/C18H22Cl2N2/c1-10(2)17-16(20)12(4)7-14(22-17)8-13(5)18-15(19)6-11(3)9-21-18/h6-7,9-10,13H,8H2,1-5H3. The van der Waals surface area contributed by atoms with E-state index in [4.69, 9.17) is 28.2 Å². The van der Waals surface area contributed by atoms with Crippen LogP contribution in [0, 0.1) is 13.8 Å². The lowest BCUT2D eigenvalue weighted by atomic mass is 9.98. The normalized spacial score (nSPS) is 12.7. The molecule has 22 heavy (non-hydrogen) atoms. The summed E-state index contributed by atoms with van der Waals surface area (Å²) in [6.45, 7) is 10.4. The second-order valence-electron chi connectivity index (χ2n) is 6.27. The molecule has 0 radical (unpaired) electrons. The molecule has 2 heterocycles. The van der Waals surface area contributed by atoms with Crippen molar-refractivity contribution in [1.82, 2.24) is 9.97 Å². The Balaban J connectivity index is 2.30. The zero-order valence-corrected chi connectivity index (χ0v) is 15.3. The van der Waals surface area contributed by atoms with Crippen LogP contribution in [0.25, 0.3) is 0 Å². The Hall–Kier alpha value is -1.12. The van der Waals surface area contributed by atoms with Gasteiger partial charge in [0.25, 0.3) is 0 Å². The fraction of sp³-hybridized carbons (Fsp3) is 0.444. The Kier molecular flexibility index (Phi) is 5.46. The van der Waals surface area contributed by atoms with Crippen LogP contribution in [-0.2, 0) is 6.42 Å². The van der Waals surface area contributed by atoms with Crippen LogP contribution in [0.3, 0.4) is 0 Å². The number of hydrogen-bond acceptors (Lipinski definition) is 2. The second kappa shape index (κ2) is 6.97. The minimum atomic E-state index is 0.209. The summed E-state index contributed by atoms with van der Waals surface area (Å²) in [5, 5.41) is 1.50. The number of rotatable bonds is 4. The van der Waals surface area contributed by atoms with Crippen molar-refractivity contribution in [2.24, 2.45) is 0 Å². The van der Waals surface area contributed by atoms with Crippen molar-refractivity contribution in [2.45, 2.75) is 52.9 Å². The number of halogens is 2.